The lowest BCUT2D eigenvalue weighted by molar-refractivity contribution is 0.867. The van der Waals surface area contributed by atoms with Gasteiger partial charge in [0, 0.05) is 0 Å². The Balaban J connectivity index is 3.07. The van der Waals surface area contributed by atoms with E-state index in [-0.39, 0.29) is 0 Å². The first-order chi connectivity index (χ1) is 2.91. The third kappa shape index (κ3) is 1.20. The molecule has 0 aliphatic carbocycles. The van der Waals surface area contributed by atoms with Crippen LogP contribution in [0.25, 0.3) is 0 Å². The largest absolute Gasteiger partial charge is 0.216 e. The van der Waals surface area contributed by atoms with E-state index in [1.165, 1.54) is 0 Å². The molecule has 4 nitrogen and oxygen atoms in total. The Hall–Kier alpha value is -0.800. The first kappa shape index (κ1) is 0.878. The van der Waals surface area contributed by atoms with E-state index in [1.807, 2.05) is 0 Å². The van der Waals surface area contributed by atoms with E-state index in [0.717, 1.165) is 0 Å². The molecule has 0 heterocycles. The van der Waals surface area contributed by atoms with Gasteiger partial charge in [0.2, 0.25) is 2.82 Å². The van der Waals surface area contributed by atoms with Crippen molar-refractivity contribution in [3.8, 4) is 0 Å². The van der Waals surface area contributed by atoms with Crippen molar-refractivity contribution >= 4 is 0 Å². The van der Waals surface area contributed by atoms with Crippen LogP contribution < -0.4 is 0 Å². The molecular weight excluding hydrogens is 56.0 g/mol. The number of hydrogen-bond donors (Lipinski definition) is 2. The number of nitrogens with one attached hydrogen (secondary N) is 2. The molecule has 0 aromatic carbocycles. The van der Waals surface area contributed by atoms with E-state index < -0.39 is 0 Å². The van der Waals surface area contributed by atoms with E-state index in [9.17, 15) is 0 Å². The summed E-state index contributed by atoms with van der Waals surface area (Å²) in [5.41, 5.74) is 4.84. The number of nitrogens with zero attached hydrogens (tertiary/aromatic N) is 2. The lowest BCUT2D eigenvalue weighted by Gasteiger charge is -1.43. The summed E-state index contributed by atoms with van der Waals surface area (Å²) >= 11 is 0. The predicted octanol–water partition coefficient (Wildman–Crippen LogP) is 0.963. The second-order valence-electron chi connectivity index (χ2n) is 0.179. The minimum absolute atomic E-state index is 2.42. The fourth-order valence-electron chi connectivity index (χ4n) is 0. The van der Waals surface area contributed by atoms with Crippen molar-refractivity contribution in [1.82, 2.24) is 0 Å². The van der Waals surface area contributed by atoms with Crippen LogP contribution in [0.4, 0.5) is 0 Å². The summed E-state index contributed by atoms with van der Waals surface area (Å²) in [7, 11) is 0. The summed E-state index contributed by atoms with van der Waals surface area (Å²) in [6, 6.07) is 0. The molecule has 0 bridgehead atoms. The third-order valence-corrected chi connectivity index (χ3v) is 0.0400. The molecule has 2 N–H and O–H groups in total. The molecule has 0 radical (unpaired) electrons. The molecule has 0 aromatic heterocycles. The minimum atomic E-state index is 2.42. The molecule has 0 amide bonds. The number of rotatable bonds is 1. The number of hydrogen-bond acceptors (Lipinski definition) is 2. The molecule has 0 saturated heterocycles. The average molecular weight is 60.1 g/mol. The van der Waals surface area contributed by atoms with Gasteiger partial charge in [-0.25, -0.2) is 0 Å². The van der Waals surface area contributed by atoms with Crippen LogP contribution in [-0.4, -0.2) is 0 Å². The maximum absolute atomic E-state index is 5.93. The molecule has 4 heavy (non-hydrogen) atoms. The van der Waals surface area contributed by atoms with Crippen molar-refractivity contribution < 1.29 is 2.82 Å². The Morgan fingerprint density at radius 2 is 2.00 bits per heavy atom. The molecule has 0 unspecified atom stereocenters. The summed E-state index contributed by atoms with van der Waals surface area (Å²) in [5.74, 6) is 0. The average Bonchev–Trinajstić information content (AvgIpc) is 1.61. The van der Waals surface area contributed by atoms with Crippen molar-refractivity contribution in [3.05, 3.63) is 0 Å². The van der Waals surface area contributed by atoms with Crippen LogP contribution in [0.1, 0.15) is 0 Å². The second-order valence-corrected chi connectivity index (χ2v) is 0.179. The van der Waals surface area contributed by atoms with Crippen molar-refractivity contribution in [2.45, 2.75) is 0 Å². The normalized spacial score (nSPS) is 18.0. The Kier molecular flexibility index (Phi) is 0.483. The molecule has 0 saturated carbocycles. The van der Waals surface area contributed by atoms with Gasteiger partial charge in [-0.1, -0.05) is 0 Å². The van der Waals surface area contributed by atoms with Gasteiger partial charge in [-0.15, -0.1) is 0 Å². The van der Waals surface area contributed by atoms with Gasteiger partial charge >= 0.3 is 0 Å². The van der Waals surface area contributed by atoms with E-state index in [2.05, 4.69) is 21.5 Å². The molecule has 0 atom stereocenters. The highest BCUT2D eigenvalue weighted by Gasteiger charge is 1.30. The van der Waals surface area contributed by atoms with Gasteiger partial charge in [0.05, 0.1) is 0 Å². The van der Waals surface area contributed by atoms with Gasteiger partial charge in [-0.05, 0) is 10.4 Å². The summed E-state index contributed by atoms with van der Waals surface area (Å²) in [6.07, 6.45) is 0. The topological polar surface area (TPSA) is 72.4 Å². The maximum atomic E-state index is 5.93. The Labute approximate surface area is 25.7 Å². The molecular formula is H2N4. The summed E-state index contributed by atoms with van der Waals surface area (Å²) < 4.78 is 11.9. The Morgan fingerprint density at radius 3 is 2.25 bits per heavy atom. The zero-order chi connectivity index (χ0) is 4.83. The highest BCUT2D eigenvalue weighted by molar-refractivity contribution is 3.69. The fraction of sp³-hybridized carbons (Fsp3) is 0. The predicted molar refractivity (Wildman–Crippen MR) is 10.3 cm³/mol. The molecule has 0 aliphatic heterocycles. The smallest absolute Gasteiger partial charge is 0.183 e. The molecule has 0 fully saturated rings. The quantitative estimate of drug-likeness (QED) is 0.334. The fourth-order valence-corrected chi connectivity index (χ4v) is 0. The molecule has 0 aliphatic rings. The van der Waals surface area contributed by atoms with E-state index in [1.54, 1.807) is 0 Å². The molecule has 0 spiro atoms. The molecule has 0 rings (SSSR count). The first-order valence-corrected chi connectivity index (χ1v) is 0.600. The lowest BCUT2D eigenvalue weighted by Crippen LogP contribution is -1.20. The highest BCUT2D eigenvalue weighted by atomic mass is 15.4. The van der Waals surface area contributed by atoms with E-state index >= 15 is 0 Å². The van der Waals surface area contributed by atoms with Gasteiger partial charge < -0.3 is 0 Å². The van der Waals surface area contributed by atoms with Crippen LogP contribution >= 0.6 is 0 Å². The van der Waals surface area contributed by atoms with Crippen LogP contribution in [0.15, 0.2) is 10.4 Å². The molecule has 22 valence electrons. The SMILES string of the molecule is [2H]N=NN=N[2H]. The first-order valence-electron chi connectivity index (χ1n) is 1.49. The van der Waals surface area contributed by atoms with Gasteiger partial charge in [-0.3, -0.25) is 0 Å². The Bertz CT molecular complexity index is 53.9. The lowest BCUT2D eigenvalue weighted by atomic mass is 12.6. The van der Waals surface area contributed by atoms with Crippen LogP contribution in [-0.2, 0) is 0 Å². The highest BCUT2D eigenvalue weighted by Crippen LogP contribution is 1.53. The Morgan fingerprint density at radius 1 is 1.50 bits per heavy atom. The monoisotopic (exact) mass is 60.0 g/mol. The van der Waals surface area contributed by atoms with Crippen molar-refractivity contribution in [3.63, 3.8) is 0 Å². The van der Waals surface area contributed by atoms with Crippen molar-refractivity contribution in [2.24, 2.45) is 10.4 Å². The van der Waals surface area contributed by atoms with Crippen LogP contribution in [0.3, 0.4) is 0 Å². The zero-order valence-corrected chi connectivity index (χ0v) is 1.79. The summed E-state index contributed by atoms with van der Waals surface area (Å²) in [5, 5.41) is 5.31. The van der Waals surface area contributed by atoms with Gasteiger partial charge in [0.25, 0.3) is 0 Å². The van der Waals surface area contributed by atoms with Gasteiger partial charge in [0.15, 0.2) is 0 Å². The van der Waals surface area contributed by atoms with Crippen LogP contribution in [0.5, 0.6) is 0 Å². The van der Waals surface area contributed by atoms with E-state index in [4.69, 9.17) is 2.82 Å². The third-order valence-electron chi connectivity index (χ3n) is 0.0400. The standard InChI is InChI=1S/H2N4/c1-3-4-2/h1-2H/i/hD2. The molecule has 4 heteroatoms. The zero-order valence-electron chi connectivity index (χ0n) is 3.79. The van der Waals surface area contributed by atoms with Gasteiger partial charge in [0.1, 0.15) is 0 Å². The second kappa shape index (κ2) is 2.20. The minimum Gasteiger partial charge on any atom is -0.183 e. The van der Waals surface area contributed by atoms with E-state index in [0.29, 0.717) is 0 Å². The summed E-state index contributed by atoms with van der Waals surface area (Å²) in [4.78, 5) is 0. The van der Waals surface area contributed by atoms with Crippen molar-refractivity contribution in [2.75, 3.05) is 0 Å². The maximum Gasteiger partial charge on any atom is 0.216 e. The molecule has 0 aromatic rings. The van der Waals surface area contributed by atoms with Crippen LogP contribution in [0, 0.1) is 11.0 Å². The van der Waals surface area contributed by atoms with Crippen LogP contribution in [0.2, 0.25) is 2.82 Å². The van der Waals surface area contributed by atoms with Gasteiger partial charge in [-0.2, -0.15) is 11.0 Å². The summed E-state index contributed by atoms with van der Waals surface area (Å²) in [6.45, 7) is 0. The van der Waals surface area contributed by atoms with Crippen molar-refractivity contribution in [1.29, 1.82) is 11.0 Å².